The van der Waals surface area contributed by atoms with Gasteiger partial charge in [-0.05, 0) is 24.5 Å². The second kappa shape index (κ2) is 6.82. The minimum Gasteiger partial charge on any atom is -0.445 e. The van der Waals surface area contributed by atoms with Gasteiger partial charge in [-0.2, -0.15) is 0 Å². The minimum absolute atomic E-state index is 0.0381. The molecule has 0 saturated carbocycles. The van der Waals surface area contributed by atoms with Crippen LogP contribution in [-0.2, 0) is 17.5 Å². The summed E-state index contributed by atoms with van der Waals surface area (Å²) in [7, 11) is -4.51. The first-order chi connectivity index (χ1) is 12.1. The highest BCUT2D eigenvalue weighted by Gasteiger charge is 2.26. The lowest BCUT2D eigenvalue weighted by Crippen LogP contribution is -2.06. The molecule has 26 heavy (non-hydrogen) atoms. The molecule has 2 aromatic heterocycles. The van der Waals surface area contributed by atoms with Crippen LogP contribution in [0.2, 0.25) is 5.02 Å². The molecular weight excluding hydrogens is 382 g/mol. The highest BCUT2D eigenvalue weighted by Crippen LogP contribution is 2.37. The summed E-state index contributed by atoms with van der Waals surface area (Å²) in [6, 6.07) is 4.02. The lowest BCUT2D eigenvalue weighted by atomic mass is 10.1. The Hall–Kier alpha value is -1.66. The molecule has 140 valence electrons. The molecule has 0 fully saturated rings. The average molecular weight is 401 g/mol. The maximum atomic E-state index is 14.3. The standard InChI is InChI=1S/C17H19ClFN2O4P/c1-4-10-15(18)11(19)7-12-16(10)20-17(21(12)8-9(2)3)13-5-6-14(25-13)26(22,23)24/h5-7,9H,4,8H2,1-3H3,(H2,22,23,24). The molecule has 0 bridgehead atoms. The van der Waals surface area contributed by atoms with Gasteiger partial charge in [0.15, 0.2) is 11.6 Å². The Labute approximate surface area is 154 Å². The first-order valence-corrected chi connectivity index (χ1v) is 10.2. The van der Waals surface area contributed by atoms with Crippen LogP contribution in [0.15, 0.2) is 22.6 Å². The van der Waals surface area contributed by atoms with E-state index in [-0.39, 0.29) is 16.7 Å². The predicted molar refractivity (Wildman–Crippen MR) is 98.3 cm³/mol. The number of halogens is 2. The van der Waals surface area contributed by atoms with Crippen molar-refractivity contribution in [2.45, 2.75) is 33.7 Å². The van der Waals surface area contributed by atoms with Gasteiger partial charge in [-0.15, -0.1) is 0 Å². The third-order valence-electron chi connectivity index (χ3n) is 4.03. The molecule has 9 heteroatoms. The lowest BCUT2D eigenvalue weighted by molar-refractivity contribution is 0.377. The number of rotatable bonds is 5. The highest BCUT2D eigenvalue weighted by molar-refractivity contribution is 7.59. The van der Waals surface area contributed by atoms with Crippen molar-refractivity contribution in [1.29, 1.82) is 0 Å². The summed E-state index contributed by atoms with van der Waals surface area (Å²) in [5, 5.41) is 0.0381. The maximum Gasteiger partial charge on any atom is 0.391 e. The molecule has 0 atom stereocenters. The maximum absolute atomic E-state index is 14.3. The van der Waals surface area contributed by atoms with Crippen molar-refractivity contribution in [3.8, 4) is 11.6 Å². The highest BCUT2D eigenvalue weighted by atomic mass is 35.5. The third kappa shape index (κ3) is 3.32. The van der Waals surface area contributed by atoms with Gasteiger partial charge in [0.1, 0.15) is 5.82 Å². The summed E-state index contributed by atoms with van der Waals surface area (Å²) >= 11 is 6.10. The van der Waals surface area contributed by atoms with Crippen LogP contribution < -0.4 is 5.50 Å². The van der Waals surface area contributed by atoms with Crippen molar-refractivity contribution in [3.63, 3.8) is 0 Å². The fraction of sp³-hybridized carbons (Fsp3) is 0.353. The number of fused-ring (bicyclic) bond motifs is 1. The largest absolute Gasteiger partial charge is 0.445 e. The summed E-state index contributed by atoms with van der Waals surface area (Å²) in [4.78, 5) is 23.1. The van der Waals surface area contributed by atoms with Gasteiger partial charge in [-0.3, -0.25) is 4.57 Å². The van der Waals surface area contributed by atoms with E-state index >= 15 is 0 Å². The van der Waals surface area contributed by atoms with Gasteiger partial charge in [0.05, 0.1) is 16.1 Å². The van der Waals surface area contributed by atoms with Gasteiger partial charge >= 0.3 is 7.60 Å². The van der Waals surface area contributed by atoms with Crippen molar-refractivity contribution in [2.24, 2.45) is 5.92 Å². The van der Waals surface area contributed by atoms with Crippen molar-refractivity contribution in [3.05, 3.63) is 34.6 Å². The van der Waals surface area contributed by atoms with Crippen LogP contribution in [0, 0.1) is 11.7 Å². The van der Waals surface area contributed by atoms with Crippen LogP contribution in [0.5, 0.6) is 0 Å². The monoisotopic (exact) mass is 400 g/mol. The molecule has 0 amide bonds. The zero-order chi connectivity index (χ0) is 19.2. The second-order valence-corrected chi connectivity index (χ2v) is 8.40. The van der Waals surface area contributed by atoms with Crippen LogP contribution in [0.25, 0.3) is 22.6 Å². The van der Waals surface area contributed by atoms with Gasteiger partial charge in [0.2, 0.25) is 5.50 Å². The minimum atomic E-state index is -4.51. The molecule has 0 radical (unpaired) electrons. The molecule has 0 aliphatic rings. The first kappa shape index (κ1) is 19.1. The van der Waals surface area contributed by atoms with Crippen LogP contribution in [0.1, 0.15) is 26.3 Å². The summed E-state index contributed by atoms with van der Waals surface area (Å²) in [6.07, 6.45) is 0.497. The molecule has 3 aromatic rings. The van der Waals surface area contributed by atoms with Crippen LogP contribution in [0.3, 0.4) is 0 Å². The van der Waals surface area contributed by atoms with Crippen molar-refractivity contribution in [2.75, 3.05) is 0 Å². The number of nitrogens with zero attached hydrogens (tertiary/aromatic N) is 2. The smallest absolute Gasteiger partial charge is 0.391 e. The number of benzene rings is 1. The molecule has 0 aliphatic carbocycles. The molecule has 0 aliphatic heterocycles. The van der Waals surface area contributed by atoms with Crippen molar-refractivity contribution < 1.29 is 23.2 Å². The number of aromatic nitrogens is 2. The topological polar surface area (TPSA) is 88.5 Å². The second-order valence-electron chi connectivity index (χ2n) is 6.49. The van der Waals surface area contributed by atoms with E-state index in [4.69, 9.17) is 16.0 Å². The van der Waals surface area contributed by atoms with E-state index < -0.39 is 18.9 Å². The summed E-state index contributed by atoms with van der Waals surface area (Å²) < 4.78 is 32.8. The number of furan rings is 1. The van der Waals surface area contributed by atoms with E-state index in [1.54, 1.807) is 4.57 Å². The van der Waals surface area contributed by atoms with Crippen LogP contribution >= 0.6 is 19.2 Å². The zero-order valence-electron chi connectivity index (χ0n) is 14.5. The molecular formula is C17H19ClFN2O4P. The molecule has 0 unspecified atom stereocenters. The molecule has 0 spiro atoms. The van der Waals surface area contributed by atoms with E-state index in [1.807, 2.05) is 20.8 Å². The number of aryl methyl sites for hydroxylation is 1. The predicted octanol–water partition coefficient (Wildman–Crippen LogP) is 4.11. The van der Waals surface area contributed by atoms with Gasteiger partial charge in [0.25, 0.3) is 0 Å². The van der Waals surface area contributed by atoms with E-state index in [0.29, 0.717) is 35.4 Å². The Morgan fingerprint density at radius 2 is 2.08 bits per heavy atom. The SMILES string of the molecule is CCc1c(Cl)c(F)cc2c1nc(-c1ccc(P(=O)(O)O)o1)n2CC(C)C. The Morgan fingerprint density at radius 3 is 2.62 bits per heavy atom. The summed E-state index contributed by atoms with van der Waals surface area (Å²) in [6.45, 7) is 6.40. The fourth-order valence-corrected chi connectivity index (χ4v) is 3.69. The lowest BCUT2D eigenvalue weighted by Gasteiger charge is -2.11. The number of imidazole rings is 1. The first-order valence-electron chi connectivity index (χ1n) is 8.16. The average Bonchev–Trinajstić information content (AvgIpc) is 3.14. The van der Waals surface area contributed by atoms with Gasteiger partial charge in [0, 0.05) is 18.2 Å². The number of hydrogen-bond donors (Lipinski definition) is 2. The zero-order valence-corrected chi connectivity index (χ0v) is 16.2. The number of hydrogen-bond acceptors (Lipinski definition) is 3. The fourth-order valence-electron chi connectivity index (χ4n) is 2.93. The quantitative estimate of drug-likeness (QED) is 0.629. The van der Waals surface area contributed by atoms with E-state index in [9.17, 15) is 18.7 Å². The van der Waals surface area contributed by atoms with Crippen LogP contribution in [-0.4, -0.2) is 19.3 Å². The Balaban J connectivity index is 2.30. The summed E-state index contributed by atoms with van der Waals surface area (Å²) in [5.41, 5.74) is 1.29. The molecule has 6 nitrogen and oxygen atoms in total. The molecule has 3 rings (SSSR count). The molecule has 1 aromatic carbocycles. The van der Waals surface area contributed by atoms with E-state index in [2.05, 4.69) is 4.98 Å². The molecule has 2 N–H and O–H groups in total. The van der Waals surface area contributed by atoms with Crippen molar-refractivity contribution in [1.82, 2.24) is 9.55 Å². The van der Waals surface area contributed by atoms with Gasteiger partial charge in [-0.1, -0.05) is 32.4 Å². The third-order valence-corrected chi connectivity index (χ3v) is 5.25. The molecule has 2 heterocycles. The van der Waals surface area contributed by atoms with Crippen molar-refractivity contribution >= 4 is 35.7 Å². The van der Waals surface area contributed by atoms with E-state index in [0.717, 1.165) is 0 Å². The Morgan fingerprint density at radius 1 is 1.38 bits per heavy atom. The Kier molecular flexibility index (Phi) is 5.01. The normalized spacial score (nSPS) is 12.5. The molecule has 0 saturated heterocycles. The van der Waals surface area contributed by atoms with Crippen LogP contribution in [0.4, 0.5) is 4.39 Å². The summed E-state index contributed by atoms with van der Waals surface area (Å²) in [5.74, 6) is 0.289. The van der Waals surface area contributed by atoms with Gasteiger partial charge < -0.3 is 18.8 Å². The van der Waals surface area contributed by atoms with Gasteiger partial charge in [-0.25, -0.2) is 9.37 Å². The van der Waals surface area contributed by atoms with E-state index in [1.165, 1.54) is 18.2 Å². The Bertz CT molecular complexity index is 1020.